The van der Waals surface area contributed by atoms with Crippen LogP contribution in [0, 0.1) is 0 Å². The summed E-state index contributed by atoms with van der Waals surface area (Å²) in [6, 6.07) is 1.60. The Hall–Kier alpha value is -2.24. The van der Waals surface area contributed by atoms with Gasteiger partial charge in [-0.05, 0) is 11.6 Å². The third kappa shape index (κ3) is 1.69. The number of carboxylic acid groups (broad SMARTS) is 1. The van der Waals surface area contributed by atoms with Crippen molar-refractivity contribution in [2.24, 2.45) is 0 Å². The van der Waals surface area contributed by atoms with E-state index in [1.54, 1.807) is 6.07 Å². The van der Waals surface area contributed by atoms with Crippen LogP contribution in [0.2, 0.25) is 0 Å². The smallest absolute Gasteiger partial charge is 0.307 e. The molecule has 0 aliphatic heterocycles. The van der Waals surface area contributed by atoms with Crippen molar-refractivity contribution in [2.45, 2.75) is 6.42 Å². The molecule has 0 saturated heterocycles. The number of nitrogens with one attached hydrogen (secondary N) is 1. The molecule has 6 heteroatoms. The predicted octanol–water partition coefficient (Wildman–Crippen LogP) is 0.397. The summed E-state index contributed by atoms with van der Waals surface area (Å²) in [4.78, 5) is 25.0. The molecule has 6 nitrogen and oxygen atoms in total. The summed E-state index contributed by atoms with van der Waals surface area (Å²) in [5.74, 6) is -0.938. The summed E-state index contributed by atoms with van der Waals surface area (Å²) in [7, 11) is 0. The molecule has 0 amide bonds. The van der Waals surface area contributed by atoms with Gasteiger partial charge >= 0.3 is 5.97 Å². The van der Waals surface area contributed by atoms with E-state index in [0.717, 1.165) is 0 Å². The number of aldehydes is 1. The summed E-state index contributed by atoms with van der Waals surface area (Å²) in [6.07, 6.45) is 1.94. The molecule has 0 saturated carbocycles. The molecule has 0 unspecified atom stereocenters. The molecule has 0 bridgehead atoms. The van der Waals surface area contributed by atoms with Gasteiger partial charge in [-0.15, -0.1) is 0 Å². The summed E-state index contributed by atoms with van der Waals surface area (Å²) in [5, 5.41) is 15.5. The Labute approximate surface area is 83.9 Å². The van der Waals surface area contributed by atoms with Gasteiger partial charge in [0.05, 0.1) is 6.42 Å². The first-order valence-corrected chi connectivity index (χ1v) is 4.20. The summed E-state index contributed by atoms with van der Waals surface area (Å²) in [5.41, 5.74) is 1.26. The highest BCUT2D eigenvalue weighted by Gasteiger charge is 2.08. The highest BCUT2D eigenvalue weighted by molar-refractivity contribution is 5.93. The summed E-state index contributed by atoms with van der Waals surface area (Å²) >= 11 is 0. The number of nitrogens with zero attached hydrogens (tertiary/aromatic N) is 2. The zero-order valence-electron chi connectivity index (χ0n) is 7.60. The Morgan fingerprint density at radius 1 is 1.60 bits per heavy atom. The Balaban J connectivity index is 2.52. The van der Waals surface area contributed by atoms with Crippen LogP contribution in [0.25, 0.3) is 11.0 Å². The van der Waals surface area contributed by atoms with Crippen LogP contribution in [0.15, 0.2) is 12.3 Å². The van der Waals surface area contributed by atoms with Gasteiger partial charge in [0.25, 0.3) is 0 Å². The van der Waals surface area contributed by atoms with Gasteiger partial charge in [-0.3, -0.25) is 14.7 Å². The van der Waals surface area contributed by atoms with E-state index in [-0.39, 0.29) is 6.42 Å². The van der Waals surface area contributed by atoms with Crippen molar-refractivity contribution in [3.63, 3.8) is 0 Å². The molecular formula is C9H7N3O3. The lowest BCUT2D eigenvalue weighted by Gasteiger charge is -1.95. The Bertz CT molecular complexity index is 532. The number of H-pyrrole nitrogens is 1. The molecule has 0 fully saturated rings. The third-order valence-electron chi connectivity index (χ3n) is 1.97. The minimum atomic E-state index is -0.938. The van der Waals surface area contributed by atoms with Crippen LogP contribution in [0.4, 0.5) is 0 Å². The lowest BCUT2D eigenvalue weighted by atomic mass is 10.1. The standard InChI is InChI=1S/C9H7N3O3/c13-4-7-6-1-5(2-8(14)15)3-10-9(6)12-11-7/h1,3-4H,2H2,(H,14,15)(H,10,11,12). The fourth-order valence-electron chi connectivity index (χ4n) is 1.32. The fraction of sp³-hybridized carbons (Fsp3) is 0.111. The van der Waals surface area contributed by atoms with Crippen LogP contribution in [-0.2, 0) is 11.2 Å². The van der Waals surface area contributed by atoms with E-state index in [2.05, 4.69) is 15.2 Å². The molecule has 0 spiro atoms. The monoisotopic (exact) mass is 205 g/mol. The Morgan fingerprint density at radius 2 is 2.40 bits per heavy atom. The normalized spacial score (nSPS) is 10.4. The molecule has 15 heavy (non-hydrogen) atoms. The van der Waals surface area contributed by atoms with Crippen LogP contribution >= 0.6 is 0 Å². The second kappa shape index (κ2) is 3.49. The number of carboxylic acids is 1. The second-order valence-electron chi connectivity index (χ2n) is 3.04. The van der Waals surface area contributed by atoms with Crippen LogP contribution in [0.1, 0.15) is 16.1 Å². The van der Waals surface area contributed by atoms with Gasteiger partial charge in [-0.2, -0.15) is 5.10 Å². The molecule has 2 aromatic rings. The maximum atomic E-state index is 10.6. The molecule has 0 atom stereocenters. The molecule has 0 radical (unpaired) electrons. The average Bonchev–Trinajstić information content (AvgIpc) is 2.59. The van der Waals surface area contributed by atoms with Crippen molar-refractivity contribution in [2.75, 3.05) is 0 Å². The van der Waals surface area contributed by atoms with Crippen molar-refractivity contribution >= 4 is 23.3 Å². The lowest BCUT2D eigenvalue weighted by Crippen LogP contribution is -2.00. The first-order valence-electron chi connectivity index (χ1n) is 4.20. The molecule has 0 aromatic carbocycles. The zero-order valence-corrected chi connectivity index (χ0v) is 7.60. The molecule has 0 aliphatic rings. The van der Waals surface area contributed by atoms with Crippen LogP contribution < -0.4 is 0 Å². The minimum absolute atomic E-state index is 0.119. The maximum Gasteiger partial charge on any atom is 0.307 e. The number of rotatable bonds is 3. The first kappa shape index (κ1) is 9.32. The third-order valence-corrected chi connectivity index (χ3v) is 1.97. The largest absolute Gasteiger partial charge is 0.481 e. The highest BCUT2D eigenvalue weighted by Crippen LogP contribution is 2.14. The molecule has 76 valence electrons. The number of pyridine rings is 1. The fourth-order valence-corrected chi connectivity index (χ4v) is 1.32. The van der Waals surface area contributed by atoms with E-state index in [1.165, 1.54) is 6.20 Å². The SMILES string of the molecule is O=Cc1[nH]nc2ncc(CC(=O)O)cc12. The number of carbonyl (C=O) groups excluding carboxylic acids is 1. The number of hydrogen-bond donors (Lipinski definition) is 2. The highest BCUT2D eigenvalue weighted by atomic mass is 16.4. The Morgan fingerprint density at radius 3 is 3.07 bits per heavy atom. The zero-order chi connectivity index (χ0) is 10.8. The number of hydrogen-bond acceptors (Lipinski definition) is 4. The van der Waals surface area contributed by atoms with E-state index in [9.17, 15) is 9.59 Å². The van der Waals surface area contributed by atoms with Crippen molar-refractivity contribution < 1.29 is 14.7 Å². The van der Waals surface area contributed by atoms with E-state index >= 15 is 0 Å². The van der Waals surface area contributed by atoms with Gasteiger partial charge < -0.3 is 5.11 Å². The van der Waals surface area contributed by atoms with Gasteiger partial charge in [0.2, 0.25) is 0 Å². The van der Waals surface area contributed by atoms with E-state index < -0.39 is 5.97 Å². The van der Waals surface area contributed by atoms with Gasteiger partial charge in [0.15, 0.2) is 11.9 Å². The topological polar surface area (TPSA) is 95.9 Å². The Kier molecular flexibility index (Phi) is 2.17. The quantitative estimate of drug-likeness (QED) is 0.707. The number of fused-ring (bicyclic) bond motifs is 1. The van der Waals surface area contributed by atoms with Crippen LogP contribution in [0.5, 0.6) is 0 Å². The van der Waals surface area contributed by atoms with E-state index in [0.29, 0.717) is 28.6 Å². The summed E-state index contributed by atoms with van der Waals surface area (Å²) < 4.78 is 0. The van der Waals surface area contributed by atoms with Gasteiger partial charge in [-0.1, -0.05) is 0 Å². The molecular weight excluding hydrogens is 198 g/mol. The number of carbonyl (C=O) groups is 2. The minimum Gasteiger partial charge on any atom is -0.481 e. The second-order valence-corrected chi connectivity index (χ2v) is 3.04. The van der Waals surface area contributed by atoms with Crippen molar-refractivity contribution in [3.05, 3.63) is 23.5 Å². The molecule has 2 rings (SSSR count). The first-order chi connectivity index (χ1) is 7.20. The van der Waals surface area contributed by atoms with Crippen LogP contribution in [-0.4, -0.2) is 32.5 Å². The number of aliphatic carboxylic acids is 1. The van der Waals surface area contributed by atoms with Gasteiger partial charge in [0, 0.05) is 11.6 Å². The summed E-state index contributed by atoms with van der Waals surface area (Å²) in [6.45, 7) is 0. The van der Waals surface area contributed by atoms with E-state index in [1.807, 2.05) is 0 Å². The van der Waals surface area contributed by atoms with Crippen LogP contribution in [0.3, 0.4) is 0 Å². The molecule has 2 heterocycles. The van der Waals surface area contributed by atoms with E-state index in [4.69, 9.17) is 5.11 Å². The predicted molar refractivity (Wildman–Crippen MR) is 50.6 cm³/mol. The van der Waals surface area contributed by atoms with Crippen molar-refractivity contribution in [1.29, 1.82) is 0 Å². The molecule has 0 aliphatic carbocycles. The number of aromatic nitrogens is 3. The van der Waals surface area contributed by atoms with Gasteiger partial charge in [-0.25, -0.2) is 4.98 Å². The molecule has 2 N–H and O–H groups in total. The van der Waals surface area contributed by atoms with Crippen molar-refractivity contribution in [1.82, 2.24) is 15.2 Å². The average molecular weight is 205 g/mol. The number of aromatic amines is 1. The maximum absolute atomic E-state index is 10.6. The van der Waals surface area contributed by atoms with Gasteiger partial charge in [0.1, 0.15) is 5.69 Å². The molecule has 2 aromatic heterocycles. The lowest BCUT2D eigenvalue weighted by molar-refractivity contribution is -0.136. The van der Waals surface area contributed by atoms with Crippen molar-refractivity contribution in [3.8, 4) is 0 Å².